The van der Waals surface area contributed by atoms with E-state index in [9.17, 15) is 18.0 Å². The van der Waals surface area contributed by atoms with Gasteiger partial charge in [0, 0.05) is 16.3 Å². The van der Waals surface area contributed by atoms with Crippen molar-refractivity contribution in [2.75, 3.05) is 4.72 Å². The number of sulfonamides is 1. The molecular weight excluding hydrogens is 426 g/mol. The number of benzene rings is 3. The summed E-state index contributed by atoms with van der Waals surface area (Å²) >= 11 is 5.79. The topological polar surface area (TPSA) is 104 Å². The smallest absolute Gasteiger partial charge is 0.269 e. The number of hydrogen-bond donors (Lipinski definition) is 3. The lowest BCUT2D eigenvalue weighted by molar-refractivity contribution is -0.121. The van der Waals surface area contributed by atoms with Gasteiger partial charge in [-0.25, -0.2) is 8.42 Å². The summed E-state index contributed by atoms with van der Waals surface area (Å²) in [5.74, 6) is -0.938. The van der Waals surface area contributed by atoms with Gasteiger partial charge in [0.1, 0.15) is 0 Å². The number of carbonyl (C=O) groups excluding carboxylic acids is 2. The van der Waals surface area contributed by atoms with Crippen molar-refractivity contribution in [3.63, 3.8) is 0 Å². The maximum Gasteiger partial charge on any atom is 0.269 e. The number of rotatable bonds is 6. The van der Waals surface area contributed by atoms with Crippen LogP contribution in [0.2, 0.25) is 5.02 Å². The van der Waals surface area contributed by atoms with Crippen LogP contribution >= 0.6 is 11.6 Å². The van der Waals surface area contributed by atoms with Gasteiger partial charge in [-0.05, 0) is 54.1 Å². The monoisotopic (exact) mass is 443 g/mol. The van der Waals surface area contributed by atoms with Crippen molar-refractivity contribution in [1.29, 1.82) is 0 Å². The average molecular weight is 444 g/mol. The van der Waals surface area contributed by atoms with Crippen LogP contribution in [-0.4, -0.2) is 20.2 Å². The van der Waals surface area contributed by atoms with Gasteiger partial charge in [0.05, 0.1) is 11.3 Å². The molecule has 0 radical (unpaired) electrons. The highest BCUT2D eigenvalue weighted by molar-refractivity contribution is 7.92. The summed E-state index contributed by atoms with van der Waals surface area (Å²) in [7, 11) is -3.82. The lowest BCUT2D eigenvalue weighted by Gasteiger charge is -2.10. The third-order valence-electron chi connectivity index (χ3n) is 4.05. The van der Waals surface area contributed by atoms with Gasteiger partial charge in [-0.3, -0.25) is 25.2 Å². The molecule has 0 saturated heterocycles. The lowest BCUT2D eigenvalue weighted by Crippen LogP contribution is -2.42. The maximum atomic E-state index is 12.5. The quantitative estimate of drug-likeness (QED) is 0.509. The van der Waals surface area contributed by atoms with E-state index in [0.717, 1.165) is 5.56 Å². The third kappa shape index (κ3) is 5.82. The van der Waals surface area contributed by atoms with E-state index in [0.29, 0.717) is 10.7 Å². The van der Waals surface area contributed by atoms with E-state index in [1.807, 2.05) is 18.2 Å². The Balaban J connectivity index is 1.58. The number of hydrogen-bond acceptors (Lipinski definition) is 4. The van der Waals surface area contributed by atoms with E-state index >= 15 is 0 Å². The van der Waals surface area contributed by atoms with Crippen LogP contribution in [0.15, 0.2) is 83.8 Å². The highest BCUT2D eigenvalue weighted by atomic mass is 35.5. The molecule has 0 aliphatic carbocycles. The lowest BCUT2D eigenvalue weighted by atomic mass is 10.1. The Morgan fingerprint density at radius 3 is 2.07 bits per heavy atom. The van der Waals surface area contributed by atoms with Gasteiger partial charge in [-0.1, -0.05) is 41.9 Å². The summed E-state index contributed by atoms with van der Waals surface area (Å²) in [6.45, 7) is 0. The molecule has 3 aromatic carbocycles. The fraction of sp³-hybridized carbons (Fsp3) is 0.0476. The predicted octanol–water partition coefficient (Wildman–Crippen LogP) is 3.14. The third-order valence-corrected chi connectivity index (χ3v) is 5.70. The number of halogens is 1. The molecule has 3 N–H and O–H groups in total. The van der Waals surface area contributed by atoms with E-state index in [4.69, 9.17) is 11.6 Å². The van der Waals surface area contributed by atoms with Crippen molar-refractivity contribution < 1.29 is 18.0 Å². The van der Waals surface area contributed by atoms with Gasteiger partial charge in [-0.2, -0.15) is 0 Å². The molecule has 0 aromatic heterocycles. The Morgan fingerprint density at radius 1 is 0.800 bits per heavy atom. The van der Waals surface area contributed by atoms with Crippen LogP contribution in [-0.2, 0) is 21.2 Å². The first kappa shape index (κ1) is 21.4. The number of nitrogens with one attached hydrogen (secondary N) is 3. The average Bonchev–Trinajstić information content (AvgIpc) is 2.74. The van der Waals surface area contributed by atoms with Crippen molar-refractivity contribution in [2.45, 2.75) is 11.3 Å². The van der Waals surface area contributed by atoms with E-state index in [2.05, 4.69) is 15.6 Å². The molecule has 7 nitrogen and oxygen atoms in total. The Hall–Kier alpha value is -3.36. The first-order chi connectivity index (χ1) is 14.3. The van der Waals surface area contributed by atoms with Gasteiger partial charge in [0.15, 0.2) is 0 Å². The zero-order valence-corrected chi connectivity index (χ0v) is 17.2. The number of hydrazine groups is 1. The molecule has 0 bridgehead atoms. The summed E-state index contributed by atoms with van der Waals surface area (Å²) in [5.41, 5.74) is 6.01. The van der Waals surface area contributed by atoms with Crippen LogP contribution in [0.1, 0.15) is 15.9 Å². The Labute approximate surface area is 179 Å². The molecule has 0 unspecified atom stereocenters. The van der Waals surface area contributed by atoms with Gasteiger partial charge < -0.3 is 0 Å². The van der Waals surface area contributed by atoms with E-state index < -0.39 is 15.9 Å². The molecule has 3 aromatic rings. The minimum Gasteiger partial charge on any atom is -0.280 e. The van der Waals surface area contributed by atoms with Crippen LogP contribution in [0, 0.1) is 0 Å². The van der Waals surface area contributed by atoms with Crippen LogP contribution in [0.25, 0.3) is 0 Å². The van der Waals surface area contributed by atoms with Crippen molar-refractivity contribution >= 4 is 39.1 Å². The Kier molecular flexibility index (Phi) is 6.71. The Bertz CT molecular complexity index is 1130. The molecule has 0 fully saturated rings. The van der Waals surface area contributed by atoms with Gasteiger partial charge in [0.2, 0.25) is 5.91 Å². The maximum absolute atomic E-state index is 12.5. The fourth-order valence-electron chi connectivity index (χ4n) is 2.54. The normalized spacial score (nSPS) is 10.8. The van der Waals surface area contributed by atoms with Crippen LogP contribution < -0.4 is 15.6 Å². The zero-order valence-electron chi connectivity index (χ0n) is 15.6. The second-order valence-electron chi connectivity index (χ2n) is 6.30. The van der Waals surface area contributed by atoms with Crippen molar-refractivity contribution in [3.05, 3.63) is 95.0 Å². The molecular formula is C21H18ClN3O4S. The molecule has 0 saturated carbocycles. The van der Waals surface area contributed by atoms with E-state index in [-0.39, 0.29) is 22.8 Å². The molecule has 9 heteroatoms. The highest BCUT2D eigenvalue weighted by Crippen LogP contribution is 2.18. The highest BCUT2D eigenvalue weighted by Gasteiger charge is 2.15. The largest absolute Gasteiger partial charge is 0.280 e. The van der Waals surface area contributed by atoms with Gasteiger partial charge in [-0.15, -0.1) is 0 Å². The fourth-order valence-corrected chi connectivity index (χ4v) is 3.73. The zero-order chi connectivity index (χ0) is 21.6. The van der Waals surface area contributed by atoms with Crippen LogP contribution in [0.5, 0.6) is 0 Å². The molecule has 0 aliphatic rings. The van der Waals surface area contributed by atoms with Crippen LogP contribution in [0.3, 0.4) is 0 Å². The summed E-state index contributed by atoms with van der Waals surface area (Å²) in [4.78, 5) is 24.1. The van der Waals surface area contributed by atoms with Crippen molar-refractivity contribution in [2.24, 2.45) is 0 Å². The number of amides is 2. The molecule has 0 aliphatic heterocycles. The molecule has 0 heterocycles. The standard InChI is InChI=1S/C21H18ClN3O4S/c22-17-8-10-18(11-9-17)25-30(28,29)19-12-6-16(7-13-19)21(27)24-23-20(26)14-15-4-2-1-3-5-15/h1-13,25H,14H2,(H,23,26)(H,24,27). The molecule has 3 rings (SSSR count). The molecule has 30 heavy (non-hydrogen) atoms. The summed E-state index contributed by atoms with van der Waals surface area (Å²) < 4.78 is 27.3. The minimum atomic E-state index is -3.82. The molecule has 0 spiro atoms. The summed E-state index contributed by atoms with van der Waals surface area (Å²) in [6, 6.07) is 20.6. The first-order valence-electron chi connectivity index (χ1n) is 8.85. The summed E-state index contributed by atoms with van der Waals surface area (Å²) in [6.07, 6.45) is 0.120. The Morgan fingerprint density at radius 2 is 1.43 bits per heavy atom. The number of anilines is 1. The second-order valence-corrected chi connectivity index (χ2v) is 8.42. The summed E-state index contributed by atoms with van der Waals surface area (Å²) in [5, 5.41) is 0.490. The van der Waals surface area contributed by atoms with Crippen molar-refractivity contribution in [3.8, 4) is 0 Å². The van der Waals surface area contributed by atoms with Gasteiger partial charge >= 0.3 is 0 Å². The van der Waals surface area contributed by atoms with E-state index in [1.165, 1.54) is 24.3 Å². The molecule has 154 valence electrons. The van der Waals surface area contributed by atoms with E-state index in [1.54, 1.807) is 36.4 Å². The van der Waals surface area contributed by atoms with Crippen molar-refractivity contribution in [1.82, 2.24) is 10.9 Å². The first-order valence-corrected chi connectivity index (χ1v) is 10.7. The SMILES string of the molecule is O=C(Cc1ccccc1)NNC(=O)c1ccc(S(=O)(=O)Nc2ccc(Cl)cc2)cc1. The van der Waals surface area contributed by atoms with Gasteiger partial charge in [0.25, 0.3) is 15.9 Å². The predicted molar refractivity (Wildman–Crippen MR) is 114 cm³/mol. The van der Waals surface area contributed by atoms with Crippen LogP contribution in [0.4, 0.5) is 5.69 Å². The second kappa shape index (κ2) is 9.43. The minimum absolute atomic E-state index is 0.0119. The molecule has 2 amide bonds. The number of carbonyl (C=O) groups is 2. The molecule has 0 atom stereocenters.